The minimum absolute atomic E-state index is 0.163. The number of nitrogens with zero attached hydrogens (tertiary/aromatic N) is 4. The highest BCUT2D eigenvalue weighted by molar-refractivity contribution is 5.98. The number of halogens is 1. The van der Waals surface area contributed by atoms with E-state index in [1.165, 1.54) is 19.5 Å². The van der Waals surface area contributed by atoms with Crippen LogP contribution in [0.15, 0.2) is 48.8 Å². The maximum atomic E-state index is 15.3. The van der Waals surface area contributed by atoms with Gasteiger partial charge in [-0.25, -0.2) is 19.0 Å². The fraction of sp³-hybridized carbons (Fsp3) is 0.280. The van der Waals surface area contributed by atoms with Gasteiger partial charge in [-0.2, -0.15) is 5.10 Å². The van der Waals surface area contributed by atoms with E-state index in [-0.39, 0.29) is 24.3 Å². The number of ether oxygens (including phenoxy) is 1. The van der Waals surface area contributed by atoms with E-state index in [0.29, 0.717) is 39.2 Å². The number of anilines is 1. The van der Waals surface area contributed by atoms with Gasteiger partial charge in [-0.05, 0) is 42.7 Å². The minimum atomic E-state index is -0.453. The molecular weight excluding hydrogens is 435 g/mol. The molecule has 0 bridgehead atoms. The summed E-state index contributed by atoms with van der Waals surface area (Å²) in [5, 5.41) is 8.11. The fourth-order valence-corrected chi connectivity index (χ4v) is 4.56. The number of hydrogen-bond donors (Lipinski definition) is 2. The van der Waals surface area contributed by atoms with Gasteiger partial charge in [0.1, 0.15) is 29.4 Å². The van der Waals surface area contributed by atoms with Gasteiger partial charge in [0.25, 0.3) is 5.91 Å². The van der Waals surface area contributed by atoms with Crippen LogP contribution in [0.4, 0.5) is 10.2 Å². The Hall–Kier alpha value is -4.01. The third-order valence-corrected chi connectivity index (χ3v) is 6.28. The zero-order valence-corrected chi connectivity index (χ0v) is 18.8. The van der Waals surface area contributed by atoms with Gasteiger partial charge >= 0.3 is 0 Å². The Morgan fingerprint density at radius 1 is 1.21 bits per heavy atom. The normalized spacial score (nSPS) is 13.9. The molecule has 4 aromatic rings. The molecule has 3 N–H and O–H groups in total. The van der Waals surface area contributed by atoms with E-state index < -0.39 is 5.82 Å². The van der Waals surface area contributed by atoms with Crippen LogP contribution in [-0.4, -0.2) is 32.8 Å². The molecule has 174 valence electrons. The Labute approximate surface area is 196 Å². The first-order valence-corrected chi connectivity index (χ1v) is 11.3. The molecule has 0 unspecified atom stereocenters. The van der Waals surface area contributed by atoms with Crippen molar-refractivity contribution in [1.29, 1.82) is 0 Å². The monoisotopic (exact) mass is 460 g/mol. The molecule has 1 aliphatic rings. The summed E-state index contributed by atoms with van der Waals surface area (Å²) in [7, 11) is 1.51. The van der Waals surface area contributed by atoms with Crippen LogP contribution in [0.25, 0.3) is 22.3 Å². The molecule has 1 fully saturated rings. The van der Waals surface area contributed by atoms with E-state index in [1.807, 2.05) is 4.68 Å². The Morgan fingerprint density at radius 2 is 2.00 bits per heavy atom. The summed E-state index contributed by atoms with van der Waals surface area (Å²) < 4.78 is 22.4. The number of rotatable bonds is 6. The Bertz CT molecular complexity index is 1360. The quantitative estimate of drug-likeness (QED) is 0.445. The highest BCUT2D eigenvalue weighted by atomic mass is 19.1. The van der Waals surface area contributed by atoms with E-state index in [0.717, 1.165) is 25.7 Å². The van der Waals surface area contributed by atoms with Crippen molar-refractivity contribution in [2.24, 2.45) is 0 Å². The van der Waals surface area contributed by atoms with Gasteiger partial charge in [-0.3, -0.25) is 4.79 Å². The molecule has 8 nitrogen and oxygen atoms in total. The summed E-state index contributed by atoms with van der Waals surface area (Å²) in [6.45, 7) is 0.163. The lowest BCUT2D eigenvalue weighted by Gasteiger charge is -2.10. The summed E-state index contributed by atoms with van der Waals surface area (Å²) in [5.74, 6) is 0.00119. The zero-order valence-electron chi connectivity index (χ0n) is 18.8. The molecule has 2 aromatic carbocycles. The maximum Gasteiger partial charge on any atom is 0.255 e. The summed E-state index contributed by atoms with van der Waals surface area (Å²) >= 11 is 0. The van der Waals surface area contributed by atoms with Crippen molar-refractivity contribution in [3.05, 3.63) is 65.7 Å². The lowest BCUT2D eigenvalue weighted by atomic mass is 10.1. The lowest BCUT2D eigenvalue weighted by molar-refractivity contribution is 0.0948. The van der Waals surface area contributed by atoms with Crippen LogP contribution in [-0.2, 0) is 6.54 Å². The molecule has 2 aromatic heterocycles. The molecule has 0 aliphatic heterocycles. The molecule has 0 spiro atoms. The van der Waals surface area contributed by atoms with E-state index in [9.17, 15) is 4.79 Å². The van der Waals surface area contributed by atoms with Gasteiger partial charge < -0.3 is 15.8 Å². The smallest absolute Gasteiger partial charge is 0.255 e. The molecule has 5 rings (SSSR count). The number of carbonyl (C=O) groups excluding carboxylic acids is 1. The number of nitrogens with two attached hydrogens (primary N) is 1. The molecule has 0 saturated heterocycles. The van der Waals surface area contributed by atoms with Crippen LogP contribution in [0.1, 0.15) is 47.6 Å². The van der Waals surface area contributed by atoms with Crippen LogP contribution < -0.4 is 15.8 Å². The Morgan fingerprint density at radius 3 is 2.76 bits per heavy atom. The van der Waals surface area contributed by atoms with Crippen LogP contribution in [0.5, 0.6) is 5.75 Å². The predicted molar refractivity (Wildman–Crippen MR) is 127 cm³/mol. The highest BCUT2D eigenvalue weighted by Crippen LogP contribution is 2.37. The summed E-state index contributed by atoms with van der Waals surface area (Å²) in [6, 6.07) is 12.0. The molecule has 2 heterocycles. The number of amides is 1. The summed E-state index contributed by atoms with van der Waals surface area (Å²) in [4.78, 5) is 21.1. The van der Waals surface area contributed by atoms with Crippen molar-refractivity contribution in [2.75, 3.05) is 12.8 Å². The molecule has 34 heavy (non-hydrogen) atoms. The third-order valence-electron chi connectivity index (χ3n) is 6.28. The van der Waals surface area contributed by atoms with Gasteiger partial charge in [0, 0.05) is 12.1 Å². The largest absolute Gasteiger partial charge is 0.496 e. The SMILES string of the molecule is COc1ccccc1C(=O)NCc1ccc(-c2nn(C3CCCC3)c3ncnc(N)c23)c(F)c1. The van der Waals surface area contributed by atoms with E-state index in [4.69, 9.17) is 15.6 Å². The standard InChI is InChI=1S/C25H25FN6O2/c1-34-20-9-5-4-8-18(20)25(33)28-13-15-10-11-17(19(26)12-15)22-21-23(27)29-14-30-24(21)32(31-22)16-6-2-3-7-16/h4-5,8-12,14,16H,2-3,6-7,13H2,1H3,(H,28,33)(H2,27,29,30). The number of aromatic nitrogens is 4. The molecule has 1 aliphatic carbocycles. The van der Waals surface area contributed by atoms with Crippen LogP contribution in [0.3, 0.4) is 0 Å². The predicted octanol–water partition coefficient (Wildman–Crippen LogP) is 4.27. The van der Waals surface area contributed by atoms with Crippen molar-refractivity contribution in [3.8, 4) is 17.0 Å². The highest BCUT2D eigenvalue weighted by Gasteiger charge is 2.25. The van der Waals surface area contributed by atoms with E-state index in [2.05, 4.69) is 15.3 Å². The molecular formula is C25H25FN6O2. The summed E-state index contributed by atoms with van der Waals surface area (Å²) in [6.07, 6.45) is 5.69. The first-order valence-electron chi connectivity index (χ1n) is 11.3. The van der Waals surface area contributed by atoms with Gasteiger partial charge in [-0.15, -0.1) is 0 Å². The molecule has 1 amide bonds. The van der Waals surface area contributed by atoms with Crippen molar-refractivity contribution < 1.29 is 13.9 Å². The first kappa shape index (κ1) is 21.8. The van der Waals surface area contributed by atoms with Crippen molar-refractivity contribution >= 4 is 22.8 Å². The number of hydrogen-bond acceptors (Lipinski definition) is 6. The number of para-hydroxylation sites is 1. The minimum Gasteiger partial charge on any atom is -0.496 e. The fourth-order valence-electron chi connectivity index (χ4n) is 4.56. The number of benzene rings is 2. The van der Waals surface area contributed by atoms with Crippen molar-refractivity contribution in [2.45, 2.75) is 38.3 Å². The second-order valence-electron chi connectivity index (χ2n) is 8.39. The average molecular weight is 461 g/mol. The number of nitrogens with one attached hydrogen (secondary N) is 1. The molecule has 1 saturated carbocycles. The lowest BCUT2D eigenvalue weighted by Crippen LogP contribution is -2.23. The second kappa shape index (κ2) is 9.09. The van der Waals surface area contributed by atoms with Crippen LogP contribution >= 0.6 is 0 Å². The first-order chi connectivity index (χ1) is 16.6. The third kappa shape index (κ3) is 3.93. The summed E-state index contributed by atoms with van der Waals surface area (Å²) in [5.41, 5.74) is 8.58. The van der Waals surface area contributed by atoms with Gasteiger partial charge in [-0.1, -0.05) is 31.0 Å². The van der Waals surface area contributed by atoms with E-state index in [1.54, 1.807) is 36.4 Å². The van der Waals surface area contributed by atoms with Crippen LogP contribution in [0.2, 0.25) is 0 Å². The average Bonchev–Trinajstić information content (AvgIpc) is 3.51. The Kier molecular flexibility index (Phi) is 5.83. The number of carbonyl (C=O) groups is 1. The molecule has 9 heteroatoms. The second-order valence-corrected chi connectivity index (χ2v) is 8.39. The van der Waals surface area contributed by atoms with Crippen LogP contribution in [0, 0.1) is 5.82 Å². The van der Waals surface area contributed by atoms with Crippen molar-refractivity contribution in [1.82, 2.24) is 25.1 Å². The van der Waals surface area contributed by atoms with Gasteiger partial charge in [0.15, 0.2) is 5.65 Å². The van der Waals surface area contributed by atoms with Crippen molar-refractivity contribution in [3.63, 3.8) is 0 Å². The Balaban J connectivity index is 1.43. The van der Waals surface area contributed by atoms with Gasteiger partial charge in [0.05, 0.1) is 24.1 Å². The van der Waals surface area contributed by atoms with E-state index >= 15 is 4.39 Å². The molecule has 0 atom stereocenters. The topological polar surface area (TPSA) is 108 Å². The van der Waals surface area contributed by atoms with Gasteiger partial charge in [0.2, 0.25) is 0 Å². The zero-order chi connectivity index (χ0) is 23.7. The number of methoxy groups -OCH3 is 1. The number of fused-ring (bicyclic) bond motifs is 1. The number of nitrogen functional groups attached to an aromatic ring is 1. The maximum absolute atomic E-state index is 15.3. The molecule has 0 radical (unpaired) electrons.